The quantitative estimate of drug-likeness (QED) is 0.907. The first-order valence-electron chi connectivity index (χ1n) is 5.35. The van der Waals surface area contributed by atoms with Gasteiger partial charge in [0.2, 0.25) is 5.76 Å². The topological polar surface area (TPSA) is 92.4 Å². The molecule has 1 aromatic carbocycles. The molecule has 0 bridgehead atoms. The predicted molar refractivity (Wildman–Crippen MR) is 72.6 cm³/mol. The predicted octanol–water partition coefficient (Wildman–Crippen LogP) is 3.24. The summed E-state index contributed by atoms with van der Waals surface area (Å²) < 4.78 is 4.80. The molecule has 0 unspecified atom stereocenters. The molecule has 0 aliphatic carbocycles. The maximum Gasteiger partial charge on any atom is 0.335 e. The van der Waals surface area contributed by atoms with Crippen LogP contribution in [-0.2, 0) is 0 Å². The van der Waals surface area contributed by atoms with Crippen LogP contribution in [0.3, 0.4) is 0 Å². The highest BCUT2D eigenvalue weighted by atomic mass is 35.5. The van der Waals surface area contributed by atoms with Crippen LogP contribution in [0.2, 0.25) is 10.0 Å². The normalized spacial score (nSPS) is 10.3. The molecule has 6 nitrogen and oxygen atoms in total. The second kappa shape index (κ2) is 5.52. The van der Waals surface area contributed by atoms with Crippen LogP contribution in [0.1, 0.15) is 26.6 Å². The summed E-state index contributed by atoms with van der Waals surface area (Å²) in [5, 5.41) is 14.9. The Labute approximate surface area is 123 Å². The second-order valence-electron chi connectivity index (χ2n) is 3.91. The van der Waals surface area contributed by atoms with Gasteiger partial charge in [-0.05, 0) is 19.1 Å². The SMILES string of the molecule is Cc1cc(C(=O)Nc2c(Cl)cc(C(=O)O)cc2Cl)on1. The molecular weight excluding hydrogens is 307 g/mol. The van der Waals surface area contributed by atoms with Gasteiger partial charge in [-0.25, -0.2) is 4.79 Å². The smallest absolute Gasteiger partial charge is 0.335 e. The largest absolute Gasteiger partial charge is 0.478 e. The molecule has 2 N–H and O–H groups in total. The number of hydrogen-bond acceptors (Lipinski definition) is 4. The summed E-state index contributed by atoms with van der Waals surface area (Å²) >= 11 is 11.8. The number of carbonyl (C=O) groups is 2. The number of amides is 1. The molecule has 2 rings (SSSR count). The highest BCUT2D eigenvalue weighted by Gasteiger charge is 2.17. The fourth-order valence-corrected chi connectivity index (χ4v) is 2.04. The van der Waals surface area contributed by atoms with Crippen molar-refractivity contribution >= 4 is 40.8 Å². The summed E-state index contributed by atoms with van der Waals surface area (Å²) in [6, 6.07) is 3.83. The number of carboxylic acids is 1. The number of carboxylic acid groups (broad SMARTS) is 1. The van der Waals surface area contributed by atoms with E-state index in [0.29, 0.717) is 5.69 Å². The molecule has 0 atom stereocenters. The van der Waals surface area contributed by atoms with E-state index in [2.05, 4.69) is 10.5 Å². The molecule has 0 aliphatic rings. The van der Waals surface area contributed by atoms with Gasteiger partial charge in [0.1, 0.15) is 0 Å². The molecule has 0 aliphatic heterocycles. The van der Waals surface area contributed by atoms with Gasteiger partial charge in [-0.2, -0.15) is 0 Å². The number of anilines is 1. The van der Waals surface area contributed by atoms with Gasteiger partial charge >= 0.3 is 5.97 Å². The average molecular weight is 315 g/mol. The lowest BCUT2D eigenvalue weighted by molar-refractivity contribution is 0.0696. The first-order valence-corrected chi connectivity index (χ1v) is 6.11. The molecular formula is C12H8Cl2N2O4. The van der Waals surface area contributed by atoms with Crippen LogP contribution in [0.25, 0.3) is 0 Å². The van der Waals surface area contributed by atoms with Crippen molar-refractivity contribution in [2.24, 2.45) is 0 Å². The number of aryl methyl sites for hydroxylation is 1. The molecule has 0 saturated carbocycles. The van der Waals surface area contributed by atoms with Gasteiger partial charge in [0.05, 0.1) is 27.0 Å². The number of aromatic nitrogens is 1. The van der Waals surface area contributed by atoms with E-state index in [9.17, 15) is 9.59 Å². The number of carbonyl (C=O) groups excluding carboxylic acids is 1. The number of nitrogens with zero attached hydrogens (tertiary/aromatic N) is 1. The van der Waals surface area contributed by atoms with E-state index >= 15 is 0 Å². The monoisotopic (exact) mass is 314 g/mol. The third-order valence-corrected chi connectivity index (χ3v) is 2.98. The van der Waals surface area contributed by atoms with Crippen LogP contribution in [0.4, 0.5) is 5.69 Å². The molecule has 0 saturated heterocycles. The second-order valence-corrected chi connectivity index (χ2v) is 4.72. The average Bonchev–Trinajstić information content (AvgIpc) is 2.80. The molecule has 2 aromatic rings. The van der Waals surface area contributed by atoms with E-state index in [-0.39, 0.29) is 27.1 Å². The molecule has 8 heteroatoms. The van der Waals surface area contributed by atoms with E-state index < -0.39 is 11.9 Å². The molecule has 0 spiro atoms. The van der Waals surface area contributed by atoms with Gasteiger partial charge in [0, 0.05) is 6.07 Å². The summed E-state index contributed by atoms with van der Waals surface area (Å²) in [5.74, 6) is -1.76. The van der Waals surface area contributed by atoms with E-state index in [1.165, 1.54) is 18.2 Å². The van der Waals surface area contributed by atoms with E-state index in [1.807, 2.05) is 0 Å². The molecule has 20 heavy (non-hydrogen) atoms. The zero-order valence-corrected chi connectivity index (χ0v) is 11.6. The number of hydrogen-bond donors (Lipinski definition) is 2. The Hall–Kier alpha value is -2.05. The van der Waals surface area contributed by atoms with E-state index in [1.54, 1.807) is 6.92 Å². The Bertz CT molecular complexity index is 674. The Morgan fingerprint density at radius 3 is 2.30 bits per heavy atom. The Kier molecular flexibility index (Phi) is 3.96. The molecule has 0 radical (unpaired) electrons. The lowest BCUT2D eigenvalue weighted by Gasteiger charge is -2.08. The highest BCUT2D eigenvalue weighted by Crippen LogP contribution is 2.32. The van der Waals surface area contributed by atoms with Crippen molar-refractivity contribution in [2.45, 2.75) is 6.92 Å². The highest BCUT2D eigenvalue weighted by molar-refractivity contribution is 6.40. The summed E-state index contributed by atoms with van der Waals surface area (Å²) in [6.07, 6.45) is 0. The first-order chi connectivity index (χ1) is 9.38. The minimum Gasteiger partial charge on any atom is -0.478 e. The van der Waals surface area contributed by atoms with Gasteiger partial charge in [-0.1, -0.05) is 28.4 Å². The minimum atomic E-state index is -1.17. The Morgan fingerprint density at radius 1 is 1.25 bits per heavy atom. The van der Waals surface area contributed by atoms with Gasteiger partial charge in [0.15, 0.2) is 0 Å². The van der Waals surface area contributed by atoms with Gasteiger partial charge in [0.25, 0.3) is 5.91 Å². The lowest BCUT2D eigenvalue weighted by Crippen LogP contribution is -2.12. The number of rotatable bonds is 3. The van der Waals surface area contributed by atoms with Crippen molar-refractivity contribution in [1.29, 1.82) is 0 Å². The molecule has 104 valence electrons. The summed E-state index contributed by atoms with van der Waals surface area (Å²) in [4.78, 5) is 22.7. The van der Waals surface area contributed by atoms with Crippen LogP contribution in [0.15, 0.2) is 22.7 Å². The van der Waals surface area contributed by atoms with Crippen molar-refractivity contribution < 1.29 is 19.2 Å². The molecule has 1 amide bonds. The maximum absolute atomic E-state index is 11.9. The maximum atomic E-state index is 11.9. The van der Waals surface area contributed by atoms with Gasteiger partial charge in [-0.3, -0.25) is 4.79 Å². The third kappa shape index (κ3) is 2.92. The zero-order chi connectivity index (χ0) is 14.9. The minimum absolute atomic E-state index is 0.00283. The number of nitrogens with one attached hydrogen (secondary N) is 1. The molecule has 1 aromatic heterocycles. The standard InChI is InChI=1S/C12H8Cl2N2O4/c1-5-2-9(20-16-5)11(17)15-10-7(13)3-6(12(18)19)4-8(10)14/h2-4H,1H3,(H,15,17)(H,18,19). The zero-order valence-electron chi connectivity index (χ0n) is 10.1. The van der Waals surface area contributed by atoms with E-state index in [0.717, 1.165) is 0 Å². The van der Waals surface area contributed by atoms with Crippen molar-refractivity contribution in [3.8, 4) is 0 Å². The first kappa shape index (κ1) is 14.4. The Morgan fingerprint density at radius 2 is 1.85 bits per heavy atom. The van der Waals surface area contributed by atoms with Gasteiger partial charge in [-0.15, -0.1) is 0 Å². The molecule has 0 fully saturated rings. The summed E-state index contributed by atoms with van der Waals surface area (Å²) in [5.41, 5.74) is 0.583. The van der Waals surface area contributed by atoms with Crippen LogP contribution in [-0.4, -0.2) is 22.1 Å². The van der Waals surface area contributed by atoms with E-state index in [4.69, 9.17) is 32.8 Å². The molecule has 1 heterocycles. The van der Waals surface area contributed by atoms with Crippen molar-refractivity contribution in [3.05, 3.63) is 45.3 Å². The van der Waals surface area contributed by atoms with Crippen LogP contribution in [0, 0.1) is 6.92 Å². The van der Waals surface area contributed by atoms with Crippen molar-refractivity contribution in [2.75, 3.05) is 5.32 Å². The number of halogens is 2. The van der Waals surface area contributed by atoms with Gasteiger partial charge < -0.3 is 14.9 Å². The van der Waals surface area contributed by atoms with Crippen LogP contribution < -0.4 is 5.32 Å². The van der Waals surface area contributed by atoms with Crippen LogP contribution in [0.5, 0.6) is 0 Å². The van der Waals surface area contributed by atoms with Crippen molar-refractivity contribution in [3.63, 3.8) is 0 Å². The third-order valence-electron chi connectivity index (χ3n) is 2.38. The van der Waals surface area contributed by atoms with Crippen LogP contribution >= 0.6 is 23.2 Å². The lowest BCUT2D eigenvalue weighted by atomic mass is 10.2. The fraction of sp³-hybridized carbons (Fsp3) is 0.0833. The summed E-state index contributed by atoms with van der Waals surface area (Å²) in [6.45, 7) is 1.67. The van der Waals surface area contributed by atoms with Crippen molar-refractivity contribution in [1.82, 2.24) is 5.16 Å². The summed E-state index contributed by atoms with van der Waals surface area (Å²) in [7, 11) is 0. The number of aromatic carboxylic acids is 1. The number of benzene rings is 1. The fourth-order valence-electron chi connectivity index (χ4n) is 1.46. The Balaban J connectivity index is 2.30.